The highest BCUT2D eigenvalue weighted by atomic mass is 16.3. The Bertz CT molecular complexity index is 596. The molecule has 0 aromatic heterocycles. The minimum absolute atomic E-state index is 0.0689. The van der Waals surface area contributed by atoms with E-state index in [1.54, 1.807) is 30.3 Å². The standard InChI is InChI=1S/C15H17N3O2/c1-10(17-13-3-2-4-14(19)9-13)11-5-7-12(8-6-11)18-15(16)20/h2-10,17,19H,1H3,(H3,16,18,20). The Kier molecular flexibility index (Phi) is 4.10. The summed E-state index contributed by atoms with van der Waals surface area (Å²) in [7, 11) is 0. The second kappa shape index (κ2) is 5.97. The summed E-state index contributed by atoms with van der Waals surface area (Å²) in [5.41, 5.74) is 7.61. The molecular weight excluding hydrogens is 254 g/mol. The van der Waals surface area contributed by atoms with Gasteiger partial charge in [-0.05, 0) is 36.8 Å². The molecule has 0 saturated heterocycles. The number of benzene rings is 2. The summed E-state index contributed by atoms with van der Waals surface area (Å²) in [6.45, 7) is 2.01. The zero-order valence-electron chi connectivity index (χ0n) is 11.1. The number of anilines is 2. The van der Waals surface area contributed by atoms with Gasteiger partial charge < -0.3 is 21.5 Å². The molecule has 2 aromatic rings. The lowest BCUT2D eigenvalue weighted by Crippen LogP contribution is -2.19. The molecule has 2 rings (SSSR count). The zero-order chi connectivity index (χ0) is 14.5. The van der Waals surface area contributed by atoms with Crippen molar-refractivity contribution in [3.05, 3.63) is 54.1 Å². The summed E-state index contributed by atoms with van der Waals surface area (Å²) in [6, 6.07) is 13.9. The summed E-state index contributed by atoms with van der Waals surface area (Å²) in [6.07, 6.45) is 0. The van der Waals surface area contributed by atoms with E-state index in [1.807, 2.05) is 25.1 Å². The first-order valence-corrected chi connectivity index (χ1v) is 6.26. The van der Waals surface area contributed by atoms with Crippen LogP contribution in [0, 0.1) is 0 Å². The topological polar surface area (TPSA) is 87.4 Å². The van der Waals surface area contributed by atoms with E-state index in [2.05, 4.69) is 10.6 Å². The number of nitrogens with one attached hydrogen (secondary N) is 2. The van der Waals surface area contributed by atoms with Crippen LogP contribution in [-0.2, 0) is 0 Å². The van der Waals surface area contributed by atoms with Crippen molar-refractivity contribution in [2.45, 2.75) is 13.0 Å². The summed E-state index contributed by atoms with van der Waals surface area (Å²) >= 11 is 0. The van der Waals surface area contributed by atoms with E-state index in [0.717, 1.165) is 11.3 Å². The number of phenols is 1. The molecule has 0 bridgehead atoms. The molecule has 0 heterocycles. The second-order valence-electron chi connectivity index (χ2n) is 4.53. The number of aromatic hydroxyl groups is 1. The maximum atomic E-state index is 10.7. The van der Waals surface area contributed by atoms with E-state index in [-0.39, 0.29) is 11.8 Å². The van der Waals surface area contributed by atoms with Crippen LogP contribution in [0.4, 0.5) is 16.2 Å². The molecule has 5 N–H and O–H groups in total. The van der Waals surface area contributed by atoms with Gasteiger partial charge in [0.2, 0.25) is 0 Å². The van der Waals surface area contributed by atoms with Gasteiger partial charge in [-0.25, -0.2) is 4.79 Å². The fraction of sp³-hybridized carbons (Fsp3) is 0.133. The molecule has 5 nitrogen and oxygen atoms in total. The van der Waals surface area contributed by atoms with Crippen LogP contribution in [-0.4, -0.2) is 11.1 Å². The molecule has 1 unspecified atom stereocenters. The number of carbonyl (C=O) groups excluding carboxylic acids is 1. The molecule has 0 aliphatic carbocycles. The van der Waals surface area contributed by atoms with Gasteiger partial charge in [0.05, 0.1) is 0 Å². The molecule has 0 aliphatic heterocycles. The molecule has 20 heavy (non-hydrogen) atoms. The van der Waals surface area contributed by atoms with Crippen LogP contribution in [0.25, 0.3) is 0 Å². The van der Waals surface area contributed by atoms with Crippen molar-refractivity contribution >= 4 is 17.4 Å². The van der Waals surface area contributed by atoms with Crippen LogP contribution >= 0.6 is 0 Å². The van der Waals surface area contributed by atoms with Gasteiger partial charge in [0.1, 0.15) is 5.75 Å². The van der Waals surface area contributed by atoms with Crippen molar-refractivity contribution in [3.8, 4) is 5.75 Å². The SMILES string of the molecule is CC(Nc1cccc(O)c1)c1ccc(NC(N)=O)cc1. The molecule has 0 aliphatic rings. The monoisotopic (exact) mass is 271 g/mol. The highest BCUT2D eigenvalue weighted by Crippen LogP contribution is 2.23. The molecule has 2 aromatic carbocycles. The molecule has 0 saturated carbocycles. The first-order chi connectivity index (χ1) is 9.54. The maximum absolute atomic E-state index is 10.7. The minimum atomic E-state index is -0.580. The summed E-state index contributed by atoms with van der Waals surface area (Å²) in [4.78, 5) is 10.7. The zero-order valence-corrected chi connectivity index (χ0v) is 11.1. The van der Waals surface area contributed by atoms with Gasteiger partial charge in [-0.2, -0.15) is 0 Å². The van der Waals surface area contributed by atoms with E-state index < -0.39 is 6.03 Å². The Morgan fingerprint density at radius 1 is 1.15 bits per heavy atom. The van der Waals surface area contributed by atoms with Gasteiger partial charge in [0.25, 0.3) is 0 Å². The summed E-state index contributed by atoms with van der Waals surface area (Å²) in [5.74, 6) is 0.225. The van der Waals surface area contributed by atoms with E-state index in [9.17, 15) is 9.90 Å². The van der Waals surface area contributed by atoms with Crippen molar-refractivity contribution in [2.75, 3.05) is 10.6 Å². The van der Waals surface area contributed by atoms with Crippen molar-refractivity contribution in [1.29, 1.82) is 0 Å². The Labute approximate surface area is 117 Å². The van der Waals surface area contributed by atoms with Crippen LogP contribution in [0.3, 0.4) is 0 Å². The van der Waals surface area contributed by atoms with Crippen LogP contribution in [0.2, 0.25) is 0 Å². The number of carbonyl (C=O) groups is 1. The smallest absolute Gasteiger partial charge is 0.316 e. The van der Waals surface area contributed by atoms with Gasteiger partial charge in [0, 0.05) is 23.5 Å². The highest BCUT2D eigenvalue weighted by Gasteiger charge is 2.06. The molecule has 0 spiro atoms. The number of primary amides is 1. The minimum Gasteiger partial charge on any atom is -0.508 e. The van der Waals surface area contributed by atoms with Gasteiger partial charge >= 0.3 is 6.03 Å². The Hall–Kier alpha value is -2.69. The third-order valence-electron chi connectivity index (χ3n) is 2.91. The lowest BCUT2D eigenvalue weighted by Gasteiger charge is -2.16. The number of amides is 2. The van der Waals surface area contributed by atoms with E-state index in [4.69, 9.17) is 5.73 Å². The predicted octanol–water partition coefficient (Wildman–Crippen LogP) is 3.06. The van der Waals surface area contributed by atoms with Crippen molar-refractivity contribution in [1.82, 2.24) is 0 Å². The number of rotatable bonds is 4. The second-order valence-corrected chi connectivity index (χ2v) is 4.53. The largest absolute Gasteiger partial charge is 0.508 e. The molecular formula is C15H17N3O2. The summed E-state index contributed by atoms with van der Waals surface area (Å²) < 4.78 is 0. The number of urea groups is 1. The van der Waals surface area contributed by atoms with Crippen LogP contribution in [0.1, 0.15) is 18.5 Å². The predicted molar refractivity (Wildman–Crippen MR) is 79.8 cm³/mol. The first kappa shape index (κ1) is 13.7. The Balaban J connectivity index is 2.05. The van der Waals surface area contributed by atoms with Gasteiger partial charge in [-0.1, -0.05) is 18.2 Å². The number of hydrogen-bond acceptors (Lipinski definition) is 3. The molecule has 5 heteroatoms. The van der Waals surface area contributed by atoms with Crippen molar-refractivity contribution < 1.29 is 9.90 Å². The summed E-state index contributed by atoms with van der Waals surface area (Å²) in [5, 5.41) is 15.2. The number of nitrogens with two attached hydrogens (primary N) is 1. The Morgan fingerprint density at radius 3 is 2.45 bits per heavy atom. The van der Waals surface area contributed by atoms with Crippen molar-refractivity contribution in [2.24, 2.45) is 5.73 Å². The van der Waals surface area contributed by atoms with E-state index >= 15 is 0 Å². The fourth-order valence-corrected chi connectivity index (χ4v) is 1.93. The lowest BCUT2D eigenvalue weighted by molar-refractivity contribution is 0.259. The quantitative estimate of drug-likeness (QED) is 0.689. The molecule has 0 radical (unpaired) electrons. The van der Waals surface area contributed by atoms with E-state index in [0.29, 0.717) is 5.69 Å². The van der Waals surface area contributed by atoms with Crippen LogP contribution in [0.15, 0.2) is 48.5 Å². The Morgan fingerprint density at radius 2 is 1.85 bits per heavy atom. The fourth-order valence-electron chi connectivity index (χ4n) is 1.93. The average Bonchev–Trinajstić information content (AvgIpc) is 2.38. The third kappa shape index (κ3) is 3.65. The number of phenolic OH excluding ortho intramolecular Hbond substituents is 1. The number of hydrogen-bond donors (Lipinski definition) is 4. The lowest BCUT2D eigenvalue weighted by atomic mass is 10.1. The van der Waals surface area contributed by atoms with Crippen molar-refractivity contribution in [3.63, 3.8) is 0 Å². The van der Waals surface area contributed by atoms with Gasteiger partial charge in [-0.15, -0.1) is 0 Å². The van der Waals surface area contributed by atoms with E-state index in [1.165, 1.54) is 0 Å². The van der Waals surface area contributed by atoms with Gasteiger partial charge in [0.15, 0.2) is 0 Å². The third-order valence-corrected chi connectivity index (χ3v) is 2.91. The van der Waals surface area contributed by atoms with Crippen LogP contribution < -0.4 is 16.4 Å². The normalized spacial score (nSPS) is 11.7. The molecule has 0 fully saturated rings. The van der Waals surface area contributed by atoms with Gasteiger partial charge in [-0.3, -0.25) is 0 Å². The first-order valence-electron chi connectivity index (χ1n) is 6.26. The molecule has 1 atom stereocenters. The average molecular weight is 271 g/mol. The van der Waals surface area contributed by atoms with Crippen LogP contribution in [0.5, 0.6) is 5.75 Å². The highest BCUT2D eigenvalue weighted by molar-refractivity contribution is 5.87. The molecule has 2 amide bonds. The molecule has 104 valence electrons. The maximum Gasteiger partial charge on any atom is 0.316 e.